The van der Waals surface area contributed by atoms with Crippen LogP contribution in [0.2, 0.25) is 5.02 Å². The van der Waals surface area contributed by atoms with Gasteiger partial charge in [-0.1, -0.05) is 23.7 Å². The van der Waals surface area contributed by atoms with E-state index < -0.39 is 5.41 Å². The quantitative estimate of drug-likeness (QED) is 0.637. The Morgan fingerprint density at radius 1 is 1.38 bits per heavy atom. The van der Waals surface area contributed by atoms with Crippen molar-refractivity contribution in [1.82, 2.24) is 4.90 Å². The maximum atomic E-state index is 12.7. The highest BCUT2D eigenvalue weighted by molar-refractivity contribution is 6.31. The summed E-state index contributed by atoms with van der Waals surface area (Å²) in [6.07, 6.45) is 1.94. The van der Waals surface area contributed by atoms with Crippen molar-refractivity contribution < 1.29 is 14.3 Å². The molecule has 4 nitrogen and oxygen atoms in total. The van der Waals surface area contributed by atoms with Crippen molar-refractivity contribution in [2.75, 3.05) is 13.2 Å². The summed E-state index contributed by atoms with van der Waals surface area (Å²) in [5, 5.41) is 0.756. The molecule has 0 radical (unpaired) electrons. The van der Waals surface area contributed by atoms with Gasteiger partial charge in [-0.15, -0.1) is 0 Å². The highest BCUT2D eigenvalue weighted by atomic mass is 35.5. The van der Waals surface area contributed by atoms with Crippen LogP contribution < -0.4 is 0 Å². The van der Waals surface area contributed by atoms with E-state index in [1.807, 2.05) is 18.2 Å². The second-order valence-electron chi connectivity index (χ2n) is 5.66. The van der Waals surface area contributed by atoms with E-state index >= 15 is 0 Å². The molecule has 0 spiro atoms. The fourth-order valence-corrected chi connectivity index (χ4v) is 3.23. The summed E-state index contributed by atoms with van der Waals surface area (Å²) in [5.74, 6) is -0.460. The van der Waals surface area contributed by atoms with Gasteiger partial charge >= 0.3 is 5.97 Å². The van der Waals surface area contributed by atoms with Crippen LogP contribution in [0.3, 0.4) is 0 Å². The van der Waals surface area contributed by atoms with Gasteiger partial charge in [0.15, 0.2) is 0 Å². The Bertz CT molecular complexity index is 595. The fourth-order valence-electron chi connectivity index (χ4n) is 2.94. The Labute approximate surface area is 129 Å². The lowest BCUT2D eigenvalue weighted by molar-refractivity contribution is -0.158. The molecule has 112 valence electrons. The molecular formula is C16H18ClNO3. The lowest BCUT2D eigenvalue weighted by Crippen LogP contribution is -2.44. The lowest BCUT2D eigenvalue weighted by atomic mass is 9.97. The fraction of sp³-hybridized carbons (Fsp3) is 0.500. The molecule has 5 heteroatoms. The van der Waals surface area contributed by atoms with Gasteiger partial charge < -0.3 is 9.64 Å². The molecule has 1 heterocycles. The van der Waals surface area contributed by atoms with Crippen molar-refractivity contribution in [2.45, 2.75) is 32.7 Å². The number of halogens is 1. The predicted octanol–water partition coefficient (Wildman–Crippen LogP) is 2.57. The molecule has 0 unspecified atom stereocenters. The van der Waals surface area contributed by atoms with Gasteiger partial charge in [0.2, 0.25) is 5.91 Å². The Morgan fingerprint density at radius 2 is 2.14 bits per heavy atom. The van der Waals surface area contributed by atoms with Crippen LogP contribution in [0.25, 0.3) is 0 Å². The predicted molar refractivity (Wildman–Crippen MR) is 78.9 cm³/mol. The van der Waals surface area contributed by atoms with E-state index in [-0.39, 0.29) is 11.9 Å². The van der Waals surface area contributed by atoms with Crippen LogP contribution in [-0.4, -0.2) is 29.9 Å². The van der Waals surface area contributed by atoms with Crippen LogP contribution in [0.4, 0.5) is 0 Å². The summed E-state index contributed by atoms with van der Waals surface area (Å²) >= 11 is 6.19. The zero-order valence-electron chi connectivity index (χ0n) is 12.0. The highest BCUT2D eigenvalue weighted by Crippen LogP contribution is 2.49. The molecule has 1 aliphatic carbocycles. The third-order valence-corrected chi connectivity index (χ3v) is 4.68. The molecule has 2 aliphatic rings. The maximum Gasteiger partial charge on any atom is 0.321 e. The van der Waals surface area contributed by atoms with Gasteiger partial charge in [0.25, 0.3) is 0 Å². The van der Waals surface area contributed by atoms with Crippen molar-refractivity contribution in [3.63, 3.8) is 0 Å². The lowest BCUT2D eigenvalue weighted by Gasteiger charge is -2.31. The molecule has 0 aromatic heterocycles. The first-order chi connectivity index (χ1) is 10.1. The molecule has 0 bridgehead atoms. The first-order valence-electron chi connectivity index (χ1n) is 7.31. The van der Waals surface area contributed by atoms with Crippen LogP contribution >= 0.6 is 11.6 Å². The van der Waals surface area contributed by atoms with Crippen LogP contribution in [0.1, 0.15) is 30.9 Å². The van der Waals surface area contributed by atoms with Gasteiger partial charge in [0, 0.05) is 18.1 Å². The number of ether oxygens (including phenoxy) is 1. The smallest absolute Gasteiger partial charge is 0.321 e. The number of fused-ring (bicyclic) bond motifs is 1. The van der Waals surface area contributed by atoms with E-state index in [4.69, 9.17) is 16.3 Å². The molecule has 21 heavy (non-hydrogen) atoms. The SMILES string of the molecule is CCOC(=O)C1(C(=O)N2CCc3c(Cl)cccc3C2)CC1. The molecule has 3 rings (SSSR count). The average molecular weight is 308 g/mol. The van der Waals surface area contributed by atoms with Crippen LogP contribution in [0.5, 0.6) is 0 Å². The number of hydrogen-bond donors (Lipinski definition) is 0. The maximum absolute atomic E-state index is 12.7. The summed E-state index contributed by atoms with van der Waals surface area (Å²) in [5.41, 5.74) is 1.28. The summed E-state index contributed by atoms with van der Waals surface area (Å²) in [6, 6.07) is 5.76. The second-order valence-corrected chi connectivity index (χ2v) is 6.06. The molecule has 1 aromatic carbocycles. The Hall–Kier alpha value is -1.55. The minimum atomic E-state index is -0.911. The molecule has 0 atom stereocenters. The first kappa shape index (κ1) is 14.4. The van der Waals surface area contributed by atoms with Gasteiger partial charge in [-0.2, -0.15) is 0 Å². The van der Waals surface area contributed by atoms with Gasteiger partial charge in [0.1, 0.15) is 5.41 Å². The summed E-state index contributed by atoms with van der Waals surface area (Å²) in [6.45, 7) is 3.20. The number of hydrogen-bond acceptors (Lipinski definition) is 3. The van der Waals surface area contributed by atoms with Gasteiger partial charge in [-0.05, 0) is 43.4 Å². The number of benzene rings is 1. The van der Waals surface area contributed by atoms with E-state index in [9.17, 15) is 9.59 Å². The average Bonchev–Trinajstić information content (AvgIpc) is 3.28. The van der Waals surface area contributed by atoms with Crippen molar-refractivity contribution in [3.05, 3.63) is 34.3 Å². The number of esters is 1. The van der Waals surface area contributed by atoms with E-state index in [0.29, 0.717) is 32.5 Å². The van der Waals surface area contributed by atoms with Gasteiger partial charge in [0.05, 0.1) is 6.61 Å². The van der Waals surface area contributed by atoms with E-state index in [1.54, 1.807) is 11.8 Å². The second kappa shape index (κ2) is 5.34. The number of amides is 1. The van der Waals surface area contributed by atoms with Gasteiger partial charge in [-0.3, -0.25) is 9.59 Å². The van der Waals surface area contributed by atoms with Crippen molar-refractivity contribution in [1.29, 1.82) is 0 Å². The summed E-state index contributed by atoms with van der Waals surface area (Å²) in [4.78, 5) is 26.5. The van der Waals surface area contributed by atoms with E-state index in [2.05, 4.69) is 0 Å². The third kappa shape index (κ3) is 2.42. The topological polar surface area (TPSA) is 46.6 Å². The molecule has 1 aliphatic heterocycles. The first-order valence-corrected chi connectivity index (χ1v) is 7.69. The number of carbonyl (C=O) groups excluding carboxylic acids is 2. The van der Waals surface area contributed by atoms with E-state index in [0.717, 1.165) is 22.6 Å². The monoisotopic (exact) mass is 307 g/mol. The third-order valence-electron chi connectivity index (χ3n) is 4.32. The zero-order valence-corrected chi connectivity index (χ0v) is 12.8. The number of carbonyl (C=O) groups is 2. The van der Waals surface area contributed by atoms with Gasteiger partial charge in [-0.25, -0.2) is 0 Å². The molecule has 0 saturated heterocycles. The van der Waals surface area contributed by atoms with Crippen molar-refractivity contribution in [2.24, 2.45) is 5.41 Å². The summed E-state index contributed by atoms with van der Waals surface area (Å²) < 4.78 is 5.06. The Balaban J connectivity index is 1.77. The molecule has 0 N–H and O–H groups in total. The highest BCUT2D eigenvalue weighted by Gasteiger charge is 2.59. The Kier molecular flexibility index (Phi) is 3.66. The minimum Gasteiger partial charge on any atom is -0.465 e. The number of rotatable bonds is 3. The molecule has 1 fully saturated rings. The van der Waals surface area contributed by atoms with Crippen molar-refractivity contribution in [3.8, 4) is 0 Å². The minimum absolute atomic E-state index is 0.0911. The molecule has 1 saturated carbocycles. The number of nitrogens with zero attached hydrogens (tertiary/aromatic N) is 1. The molecule has 1 aromatic rings. The zero-order chi connectivity index (χ0) is 15.0. The standard InChI is InChI=1S/C16H18ClNO3/c1-2-21-15(20)16(7-8-16)14(19)18-9-6-12-11(10-18)4-3-5-13(12)17/h3-5H,2,6-10H2,1H3. The normalized spacial score (nSPS) is 18.9. The molecule has 1 amide bonds. The van der Waals surface area contributed by atoms with E-state index in [1.165, 1.54) is 0 Å². The van der Waals surface area contributed by atoms with Crippen molar-refractivity contribution >= 4 is 23.5 Å². The summed E-state index contributed by atoms with van der Waals surface area (Å²) in [7, 11) is 0. The van der Waals surface area contributed by atoms with Crippen LogP contribution in [0, 0.1) is 5.41 Å². The Morgan fingerprint density at radius 3 is 2.81 bits per heavy atom. The van der Waals surface area contributed by atoms with Crippen LogP contribution in [-0.2, 0) is 27.3 Å². The molecular weight excluding hydrogens is 290 g/mol. The largest absolute Gasteiger partial charge is 0.465 e. The van der Waals surface area contributed by atoms with Crippen LogP contribution in [0.15, 0.2) is 18.2 Å².